The second-order valence-electron chi connectivity index (χ2n) is 4.85. The zero-order valence-corrected chi connectivity index (χ0v) is 12.8. The van der Waals surface area contributed by atoms with E-state index < -0.39 is 17.9 Å². The number of carboxylic acids is 1. The van der Waals surface area contributed by atoms with Gasteiger partial charge in [-0.1, -0.05) is 0 Å². The molecule has 2 rings (SSSR count). The van der Waals surface area contributed by atoms with Gasteiger partial charge >= 0.3 is 5.97 Å². The maximum Gasteiger partial charge on any atom is 0.325 e. The third-order valence-electron chi connectivity index (χ3n) is 3.51. The molecule has 2 N–H and O–H groups in total. The number of hydrogen-bond acceptors (Lipinski definition) is 4. The Morgan fingerprint density at radius 3 is 2.36 bits per heavy atom. The summed E-state index contributed by atoms with van der Waals surface area (Å²) in [4.78, 5) is 23.1. The summed E-state index contributed by atoms with van der Waals surface area (Å²) < 4.78 is 12.3. The molecule has 1 atom stereocenters. The fraction of sp³-hybridized carbons (Fsp3) is 0.333. The van der Waals surface area contributed by atoms with Crippen molar-refractivity contribution in [1.82, 2.24) is 9.88 Å². The van der Waals surface area contributed by atoms with Crippen LogP contribution >= 0.6 is 0 Å². The van der Waals surface area contributed by atoms with Gasteiger partial charge < -0.3 is 24.5 Å². The van der Waals surface area contributed by atoms with Crippen LogP contribution in [0.1, 0.15) is 17.4 Å². The van der Waals surface area contributed by atoms with Crippen molar-refractivity contribution in [1.29, 1.82) is 0 Å². The standard InChI is InChI=1S/C15H18N2O5/c1-8(15(19)20)16-14(18)10-7-9-11(21-3)5-6-12(22-4)13(9)17(10)2/h5-8H,1-4H3,(H,16,18)(H,19,20)/t8-/m1/s1. The highest BCUT2D eigenvalue weighted by atomic mass is 16.5. The van der Waals surface area contributed by atoms with Crippen LogP contribution in [0, 0.1) is 0 Å². The van der Waals surface area contributed by atoms with Crippen LogP contribution in [0.15, 0.2) is 18.2 Å². The molecule has 7 heteroatoms. The minimum atomic E-state index is -1.10. The average molecular weight is 306 g/mol. The number of nitrogens with zero attached hydrogens (tertiary/aromatic N) is 1. The average Bonchev–Trinajstić information content (AvgIpc) is 2.84. The lowest BCUT2D eigenvalue weighted by atomic mass is 10.2. The van der Waals surface area contributed by atoms with Crippen LogP contribution in [0.4, 0.5) is 0 Å². The number of aromatic nitrogens is 1. The molecule has 0 saturated carbocycles. The van der Waals surface area contributed by atoms with Gasteiger partial charge in [-0.3, -0.25) is 9.59 Å². The minimum absolute atomic E-state index is 0.325. The third-order valence-corrected chi connectivity index (χ3v) is 3.51. The predicted octanol–water partition coefficient (Wildman–Crippen LogP) is 1.40. The number of carbonyl (C=O) groups is 2. The van der Waals surface area contributed by atoms with Crippen LogP contribution in [0.3, 0.4) is 0 Å². The van der Waals surface area contributed by atoms with Crippen molar-refractivity contribution in [3.05, 3.63) is 23.9 Å². The molecule has 0 spiro atoms. The Morgan fingerprint density at radius 1 is 1.23 bits per heavy atom. The number of aliphatic carboxylic acids is 1. The van der Waals surface area contributed by atoms with Gasteiger partial charge in [-0.2, -0.15) is 0 Å². The van der Waals surface area contributed by atoms with E-state index in [2.05, 4.69) is 5.32 Å². The summed E-state index contributed by atoms with van der Waals surface area (Å²) in [6.07, 6.45) is 0. The van der Waals surface area contributed by atoms with Gasteiger partial charge in [0, 0.05) is 12.4 Å². The quantitative estimate of drug-likeness (QED) is 0.871. The number of methoxy groups -OCH3 is 2. The number of aryl methyl sites for hydroxylation is 1. The van der Waals surface area contributed by atoms with E-state index in [1.54, 1.807) is 44.0 Å². The van der Waals surface area contributed by atoms with Crippen LogP contribution in [0.2, 0.25) is 0 Å². The van der Waals surface area contributed by atoms with E-state index in [0.29, 0.717) is 22.7 Å². The molecule has 0 aliphatic carbocycles. The number of hydrogen-bond donors (Lipinski definition) is 2. The fourth-order valence-electron chi connectivity index (χ4n) is 2.30. The molecule has 0 saturated heterocycles. The molecule has 7 nitrogen and oxygen atoms in total. The van der Waals surface area contributed by atoms with E-state index in [1.807, 2.05) is 0 Å². The molecule has 0 aliphatic rings. The van der Waals surface area contributed by atoms with Gasteiger partial charge in [0.05, 0.1) is 19.7 Å². The normalized spacial score (nSPS) is 12.0. The molecule has 1 amide bonds. The molecule has 0 radical (unpaired) electrons. The lowest BCUT2D eigenvalue weighted by Gasteiger charge is -2.11. The highest BCUT2D eigenvalue weighted by Gasteiger charge is 2.21. The van der Waals surface area contributed by atoms with Crippen molar-refractivity contribution < 1.29 is 24.2 Å². The smallest absolute Gasteiger partial charge is 0.325 e. The summed E-state index contributed by atoms with van der Waals surface area (Å²) in [5.74, 6) is -0.361. The lowest BCUT2D eigenvalue weighted by Crippen LogP contribution is -2.39. The van der Waals surface area contributed by atoms with Gasteiger partial charge in [-0.15, -0.1) is 0 Å². The highest BCUT2D eigenvalue weighted by Crippen LogP contribution is 2.35. The Kier molecular flexibility index (Phi) is 4.25. The van der Waals surface area contributed by atoms with Crippen molar-refractivity contribution in [3.63, 3.8) is 0 Å². The van der Waals surface area contributed by atoms with E-state index in [9.17, 15) is 9.59 Å². The van der Waals surface area contributed by atoms with Crippen LogP contribution in [-0.2, 0) is 11.8 Å². The monoisotopic (exact) mass is 306 g/mol. The molecular weight excluding hydrogens is 288 g/mol. The molecule has 0 unspecified atom stereocenters. The van der Waals surface area contributed by atoms with Gasteiger partial charge in [-0.25, -0.2) is 0 Å². The van der Waals surface area contributed by atoms with E-state index in [0.717, 1.165) is 5.39 Å². The van der Waals surface area contributed by atoms with E-state index in [-0.39, 0.29) is 0 Å². The zero-order valence-electron chi connectivity index (χ0n) is 12.8. The first-order chi connectivity index (χ1) is 10.4. The first-order valence-electron chi connectivity index (χ1n) is 6.64. The Labute approximate surface area is 127 Å². The van der Waals surface area contributed by atoms with Crippen molar-refractivity contribution >= 4 is 22.8 Å². The van der Waals surface area contributed by atoms with Gasteiger partial charge in [0.15, 0.2) is 0 Å². The Hall–Kier alpha value is -2.70. The molecule has 1 aromatic heterocycles. The zero-order chi connectivity index (χ0) is 16.4. The number of nitrogens with one attached hydrogen (secondary N) is 1. The molecular formula is C15H18N2O5. The van der Waals surface area contributed by atoms with Crippen molar-refractivity contribution in [2.24, 2.45) is 7.05 Å². The highest BCUT2D eigenvalue weighted by molar-refractivity contribution is 6.03. The number of ether oxygens (including phenoxy) is 2. The van der Waals surface area contributed by atoms with Gasteiger partial charge in [0.1, 0.15) is 23.2 Å². The molecule has 0 fully saturated rings. The lowest BCUT2D eigenvalue weighted by molar-refractivity contribution is -0.138. The number of benzene rings is 1. The molecule has 0 aliphatic heterocycles. The topological polar surface area (TPSA) is 89.8 Å². The predicted molar refractivity (Wildman–Crippen MR) is 80.6 cm³/mol. The summed E-state index contributed by atoms with van der Waals surface area (Å²) in [7, 11) is 4.80. The Morgan fingerprint density at radius 2 is 1.82 bits per heavy atom. The van der Waals surface area contributed by atoms with Crippen molar-refractivity contribution in [2.75, 3.05) is 14.2 Å². The van der Waals surface area contributed by atoms with Crippen LogP contribution in [-0.4, -0.2) is 41.8 Å². The number of carbonyl (C=O) groups excluding carboxylic acids is 1. The van der Waals surface area contributed by atoms with E-state index in [1.165, 1.54) is 6.92 Å². The molecule has 0 bridgehead atoms. The minimum Gasteiger partial charge on any atom is -0.496 e. The van der Waals surface area contributed by atoms with Crippen LogP contribution in [0.25, 0.3) is 10.9 Å². The van der Waals surface area contributed by atoms with Gasteiger partial charge in [-0.05, 0) is 25.1 Å². The van der Waals surface area contributed by atoms with Crippen molar-refractivity contribution in [2.45, 2.75) is 13.0 Å². The molecule has 118 valence electrons. The number of rotatable bonds is 5. The van der Waals surface area contributed by atoms with E-state index in [4.69, 9.17) is 14.6 Å². The summed E-state index contributed by atoms with van der Waals surface area (Å²) in [6.45, 7) is 1.41. The molecule has 1 aromatic carbocycles. The largest absolute Gasteiger partial charge is 0.496 e. The van der Waals surface area contributed by atoms with Crippen LogP contribution in [0.5, 0.6) is 11.5 Å². The molecule has 22 heavy (non-hydrogen) atoms. The second-order valence-corrected chi connectivity index (χ2v) is 4.85. The SMILES string of the molecule is COc1ccc(OC)c2c1cc(C(=O)N[C@H](C)C(=O)O)n2C. The third kappa shape index (κ3) is 2.57. The Bertz CT molecular complexity index is 735. The first kappa shape index (κ1) is 15.7. The molecule has 1 heterocycles. The maximum atomic E-state index is 12.3. The number of carboxylic acid groups (broad SMARTS) is 1. The van der Waals surface area contributed by atoms with Gasteiger partial charge in [0.2, 0.25) is 0 Å². The van der Waals surface area contributed by atoms with Crippen LogP contribution < -0.4 is 14.8 Å². The summed E-state index contributed by atoms with van der Waals surface area (Å²) in [5.41, 5.74) is 1.03. The van der Waals surface area contributed by atoms with Gasteiger partial charge in [0.25, 0.3) is 5.91 Å². The Balaban J connectivity index is 2.54. The number of amides is 1. The fourth-order valence-corrected chi connectivity index (χ4v) is 2.30. The summed E-state index contributed by atoms with van der Waals surface area (Å²) in [6, 6.07) is 4.18. The number of fused-ring (bicyclic) bond motifs is 1. The van der Waals surface area contributed by atoms with Crippen molar-refractivity contribution in [3.8, 4) is 11.5 Å². The summed E-state index contributed by atoms with van der Waals surface area (Å²) >= 11 is 0. The second kappa shape index (κ2) is 5.97. The first-order valence-corrected chi connectivity index (χ1v) is 6.64. The van der Waals surface area contributed by atoms with E-state index >= 15 is 0 Å². The summed E-state index contributed by atoms with van der Waals surface area (Å²) in [5, 5.41) is 12.0. The molecule has 2 aromatic rings. The maximum absolute atomic E-state index is 12.3.